The van der Waals surface area contributed by atoms with Crippen molar-refractivity contribution in [2.24, 2.45) is 0 Å². The monoisotopic (exact) mass is 377 g/mol. The van der Waals surface area contributed by atoms with Crippen LogP contribution in [0.4, 0.5) is 0 Å². The second-order valence-electron chi connectivity index (χ2n) is 6.64. The van der Waals surface area contributed by atoms with E-state index in [0.29, 0.717) is 12.2 Å². The van der Waals surface area contributed by atoms with Gasteiger partial charge in [-0.25, -0.2) is 4.79 Å². The second kappa shape index (κ2) is 8.99. The molecule has 1 aromatic heterocycles. The van der Waals surface area contributed by atoms with Crippen LogP contribution in [-0.2, 0) is 9.53 Å². The van der Waals surface area contributed by atoms with E-state index in [-0.39, 0.29) is 17.5 Å². The Morgan fingerprint density at radius 1 is 1.04 bits per heavy atom. The summed E-state index contributed by atoms with van der Waals surface area (Å²) in [6.07, 6.45) is -0.904. The lowest BCUT2D eigenvalue weighted by Gasteiger charge is -2.16. The minimum atomic E-state index is -0.904. The first-order valence-corrected chi connectivity index (χ1v) is 9.19. The fraction of sp³-hybridized carbons (Fsp3) is 0.227. The van der Waals surface area contributed by atoms with Crippen LogP contribution >= 0.6 is 0 Å². The van der Waals surface area contributed by atoms with E-state index >= 15 is 0 Å². The summed E-state index contributed by atoms with van der Waals surface area (Å²) in [7, 11) is 0. The second-order valence-corrected chi connectivity index (χ2v) is 6.64. The van der Waals surface area contributed by atoms with Crippen LogP contribution in [0.5, 0.6) is 0 Å². The summed E-state index contributed by atoms with van der Waals surface area (Å²) < 4.78 is 5.26. The van der Waals surface area contributed by atoms with Gasteiger partial charge in [-0.15, -0.1) is 0 Å². The molecular weight excluding hydrogens is 354 g/mol. The number of carbonyl (C=O) groups is 2. The molecule has 0 aliphatic rings. The molecular formula is C22H23N3O3. The van der Waals surface area contributed by atoms with E-state index in [4.69, 9.17) is 4.74 Å². The van der Waals surface area contributed by atoms with Crippen LogP contribution in [0, 0.1) is 0 Å². The van der Waals surface area contributed by atoms with Crippen LogP contribution in [0.3, 0.4) is 0 Å². The summed E-state index contributed by atoms with van der Waals surface area (Å²) in [6.45, 7) is 4.05. The first-order chi connectivity index (χ1) is 13.5. The van der Waals surface area contributed by atoms with Gasteiger partial charge < -0.3 is 10.1 Å². The Morgan fingerprint density at radius 2 is 1.68 bits per heavy atom. The fourth-order valence-electron chi connectivity index (χ4n) is 2.76. The number of hydrogen-bond donors (Lipinski definition) is 2. The standard InChI is InChI=1S/C22H23N3O3/c1-15(17-9-5-3-6-10-17)14-23-21(26)16(2)28-22(27)20-13-19(24-25-20)18-11-7-4-8-12-18/h3-13,15-16H,14H2,1-2H3,(H,23,26)(H,24,25)/t15-,16+/m1/s1. The highest BCUT2D eigenvalue weighted by Gasteiger charge is 2.21. The van der Waals surface area contributed by atoms with E-state index in [9.17, 15) is 9.59 Å². The van der Waals surface area contributed by atoms with Crippen molar-refractivity contribution in [3.63, 3.8) is 0 Å². The molecule has 0 saturated carbocycles. The number of H-pyrrole nitrogens is 1. The molecule has 2 N–H and O–H groups in total. The summed E-state index contributed by atoms with van der Waals surface area (Å²) in [5.74, 6) is -0.790. The van der Waals surface area contributed by atoms with E-state index in [1.807, 2.05) is 67.6 Å². The van der Waals surface area contributed by atoms with Crippen LogP contribution in [0.1, 0.15) is 35.8 Å². The fourth-order valence-corrected chi connectivity index (χ4v) is 2.76. The summed E-state index contributed by atoms with van der Waals surface area (Å²) in [5.41, 5.74) is 2.87. The number of rotatable bonds is 7. The zero-order valence-electron chi connectivity index (χ0n) is 15.9. The molecule has 0 saturated heterocycles. The molecule has 0 radical (unpaired) electrons. The molecule has 3 rings (SSSR count). The van der Waals surface area contributed by atoms with Crippen molar-refractivity contribution in [2.75, 3.05) is 6.54 Å². The average Bonchev–Trinajstić information content (AvgIpc) is 3.23. The lowest BCUT2D eigenvalue weighted by molar-refractivity contribution is -0.129. The third kappa shape index (κ3) is 4.85. The van der Waals surface area contributed by atoms with Crippen molar-refractivity contribution in [3.8, 4) is 11.3 Å². The smallest absolute Gasteiger partial charge is 0.357 e. The Balaban J connectivity index is 1.52. The number of nitrogens with one attached hydrogen (secondary N) is 2. The zero-order chi connectivity index (χ0) is 19.9. The number of aromatic amines is 1. The molecule has 0 bridgehead atoms. The van der Waals surface area contributed by atoms with Gasteiger partial charge in [0.05, 0.1) is 5.69 Å². The number of benzene rings is 2. The molecule has 6 heteroatoms. The number of esters is 1. The Morgan fingerprint density at radius 3 is 2.36 bits per heavy atom. The minimum absolute atomic E-state index is 0.161. The number of carbonyl (C=O) groups excluding carboxylic acids is 2. The van der Waals surface area contributed by atoms with Crippen molar-refractivity contribution in [1.29, 1.82) is 0 Å². The first kappa shape index (κ1) is 19.4. The number of nitrogens with zero attached hydrogens (tertiary/aromatic N) is 1. The predicted molar refractivity (Wildman–Crippen MR) is 107 cm³/mol. The van der Waals surface area contributed by atoms with Gasteiger partial charge in [-0.3, -0.25) is 9.89 Å². The van der Waals surface area contributed by atoms with Crippen LogP contribution in [0.15, 0.2) is 66.7 Å². The predicted octanol–water partition coefficient (Wildman–Crippen LogP) is 3.54. The van der Waals surface area contributed by atoms with E-state index in [1.54, 1.807) is 13.0 Å². The molecule has 1 heterocycles. The van der Waals surface area contributed by atoms with Crippen LogP contribution in [0.25, 0.3) is 11.3 Å². The third-order valence-corrected chi connectivity index (χ3v) is 4.47. The maximum Gasteiger partial charge on any atom is 0.357 e. The molecule has 2 aromatic carbocycles. The van der Waals surface area contributed by atoms with Gasteiger partial charge >= 0.3 is 5.97 Å². The highest BCUT2D eigenvalue weighted by Crippen LogP contribution is 2.17. The number of ether oxygens (including phenoxy) is 1. The topological polar surface area (TPSA) is 84.1 Å². The molecule has 1 amide bonds. The zero-order valence-corrected chi connectivity index (χ0v) is 15.9. The van der Waals surface area contributed by atoms with Crippen molar-refractivity contribution in [2.45, 2.75) is 25.9 Å². The van der Waals surface area contributed by atoms with Crippen molar-refractivity contribution in [3.05, 3.63) is 78.0 Å². The normalized spacial score (nSPS) is 12.8. The summed E-state index contributed by atoms with van der Waals surface area (Å²) in [5, 5.41) is 9.62. The van der Waals surface area contributed by atoms with Gasteiger partial charge in [-0.1, -0.05) is 67.6 Å². The first-order valence-electron chi connectivity index (χ1n) is 9.19. The number of hydrogen-bond acceptors (Lipinski definition) is 4. The Bertz CT molecular complexity index is 922. The summed E-state index contributed by atoms with van der Waals surface area (Å²) in [6, 6.07) is 21.0. The maximum absolute atomic E-state index is 12.3. The Kier molecular flexibility index (Phi) is 6.22. The summed E-state index contributed by atoms with van der Waals surface area (Å²) >= 11 is 0. The van der Waals surface area contributed by atoms with Crippen molar-refractivity contribution in [1.82, 2.24) is 15.5 Å². The van der Waals surface area contributed by atoms with Gasteiger partial charge in [-0.05, 0) is 24.5 Å². The number of amides is 1. The minimum Gasteiger partial charge on any atom is -0.448 e. The Labute approximate surface area is 163 Å². The van der Waals surface area contributed by atoms with Crippen LogP contribution < -0.4 is 5.32 Å². The van der Waals surface area contributed by atoms with Gasteiger partial charge in [0.1, 0.15) is 5.69 Å². The van der Waals surface area contributed by atoms with Gasteiger partial charge in [0.2, 0.25) is 0 Å². The molecule has 0 unspecified atom stereocenters. The molecule has 28 heavy (non-hydrogen) atoms. The quantitative estimate of drug-likeness (QED) is 0.617. The highest BCUT2D eigenvalue weighted by atomic mass is 16.5. The van der Waals surface area contributed by atoms with E-state index in [1.165, 1.54) is 0 Å². The van der Waals surface area contributed by atoms with Crippen LogP contribution in [-0.4, -0.2) is 34.7 Å². The van der Waals surface area contributed by atoms with E-state index < -0.39 is 12.1 Å². The number of aromatic nitrogens is 2. The molecule has 144 valence electrons. The SMILES string of the molecule is C[C@H](OC(=O)c1cc(-c2ccccc2)n[nH]1)C(=O)NC[C@@H](C)c1ccccc1. The maximum atomic E-state index is 12.3. The van der Waals surface area contributed by atoms with Gasteiger partial charge in [0.15, 0.2) is 6.10 Å². The lowest BCUT2D eigenvalue weighted by atomic mass is 10.0. The molecule has 0 aliphatic heterocycles. The molecule has 2 atom stereocenters. The summed E-state index contributed by atoms with van der Waals surface area (Å²) in [4.78, 5) is 24.5. The Hall–Kier alpha value is -3.41. The van der Waals surface area contributed by atoms with Gasteiger partial charge in [-0.2, -0.15) is 5.10 Å². The lowest BCUT2D eigenvalue weighted by Crippen LogP contribution is -2.37. The highest BCUT2D eigenvalue weighted by molar-refractivity contribution is 5.91. The molecule has 0 fully saturated rings. The van der Waals surface area contributed by atoms with Crippen molar-refractivity contribution >= 4 is 11.9 Å². The van der Waals surface area contributed by atoms with Gasteiger partial charge in [0, 0.05) is 12.1 Å². The molecule has 6 nitrogen and oxygen atoms in total. The third-order valence-electron chi connectivity index (χ3n) is 4.47. The molecule has 3 aromatic rings. The molecule has 0 spiro atoms. The van der Waals surface area contributed by atoms with E-state index in [0.717, 1.165) is 11.1 Å². The van der Waals surface area contributed by atoms with Crippen LogP contribution in [0.2, 0.25) is 0 Å². The van der Waals surface area contributed by atoms with E-state index in [2.05, 4.69) is 15.5 Å². The molecule has 0 aliphatic carbocycles. The van der Waals surface area contributed by atoms with Gasteiger partial charge in [0.25, 0.3) is 5.91 Å². The largest absolute Gasteiger partial charge is 0.448 e. The van der Waals surface area contributed by atoms with Crippen molar-refractivity contribution < 1.29 is 14.3 Å². The average molecular weight is 377 g/mol.